The van der Waals surface area contributed by atoms with Crippen LogP contribution in [0.5, 0.6) is 0 Å². The van der Waals surface area contributed by atoms with E-state index in [0.29, 0.717) is 34.3 Å². The Morgan fingerprint density at radius 1 is 1.08 bits per heavy atom. The average molecular weight is 381 g/mol. The minimum atomic E-state index is -0.588. The number of carbonyl (C=O) groups excluding carboxylic acids is 2. The number of hydrogen-bond donors (Lipinski definition) is 1. The largest absolute Gasteiger partial charge is 0.327 e. The Morgan fingerprint density at radius 2 is 1.72 bits per heavy atom. The second-order valence-corrected chi connectivity index (χ2v) is 6.68. The van der Waals surface area contributed by atoms with Crippen molar-refractivity contribution in [2.24, 2.45) is 0 Å². The lowest BCUT2D eigenvalue weighted by Gasteiger charge is -2.24. The van der Waals surface area contributed by atoms with Gasteiger partial charge in [0.05, 0.1) is 0 Å². The third-order valence-electron chi connectivity index (χ3n) is 4.04. The molecular formula is C18H15Cl2FN2O2. The zero-order valence-corrected chi connectivity index (χ0v) is 14.6. The maximum atomic E-state index is 13.0. The predicted octanol–water partition coefficient (Wildman–Crippen LogP) is 4.38. The third kappa shape index (κ3) is 4.11. The third-order valence-corrected chi connectivity index (χ3v) is 4.47. The average Bonchev–Trinajstić information content (AvgIpc) is 3.03. The summed E-state index contributed by atoms with van der Waals surface area (Å²) < 4.78 is 13.0. The number of likely N-dealkylation sites (tertiary alicyclic amines) is 1. The van der Waals surface area contributed by atoms with Crippen LogP contribution in [0.4, 0.5) is 10.1 Å². The second kappa shape index (κ2) is 7.42. The number of nitrogens with one attached hydrogen (secondary N) is 1. The van der Waals surface area contributed by atoms with Crippen LogP contribution in [0.1, 0.15) is 23.2 Å². The lowest BCUT2D eigenvalue weighted by molar-refractivity contribution is -0.119. The number of nitrogens with zero attached hydrogens (tertiary/aromatic N) is 1. The molecule has 0 radical (unpaired) electrons. The summed E-state index contributed by atoms with van der Waals surface area (Å²) in [5, 5.41) is 3.57. The molecule has 1 fully saturated rings. The molecule has 1 aliphatic rings. The van der Waals surface area contributed by atoms with Crippen molar-refractivity contribution in [1.82, 2.24) is 4.90 Å². The van der Waals surface area contributed by atoms with Crippen molar-refractivity contribution in [2.45, 2.75) is 18.9 Å². The highest BCUT2D eigenvalue weighted by atomic mass is 35.5. The number of hydrogen-bond acceptors (Lipinski definition) is 2. The molecule has 25 heavy (non-hydrogen) atoms. The van der Waals surface area contributed by atoms with Gasteiger partial charge < -0.3 is 10.2 Å². The minimum Gasteiger partial charge on any atom is -0.327 e. The van der Waals surface area contributed by atoms with Crippen molar-refractivity contribution in [1.29, 1.82) is 0 Å². The summed E-state index contributed by atoms with van der Waals surface area (Å²) in [5.74, 6) is -1.00. The molecule has 1 N–H and O–H groups in total. The molecule has 1 heterocycles. The lowest BCUT2D eigenvalue weighted by atomic mass is 10.1. The van der Waals surface area contributed by atoms with Crippen LogP contribution in [0.3, 0.4) is 0 Å². The molecule has 2 aromatic carbocycles. The second-order valence-electron chi connectivity index (χ2n) is 5.81. The van der Waals surface area contributed by atoms with Crippen LogP contribution in [-0.4, -0.2) is 29.3 Å². The SMILES string of the molecule is O=C(Nc1cc(Cl)cc(Cl)c1)C1CCCN1C(=O)c1ccc(F)cc1. The van der Waals surface area contributed by atoms with Gasteiger partial charge in [0.25, 0.3) is 5.91 Å². The van der Waals surface area contributed by atoms with Gasteiger partial charge in [-0.3, -0.25) is 9.59 Å². The van der Waals surface area contributed by atoms with Crippen LogP contribution < -0.4 is 5.32 Å². The fraction of sp³-hybridized carbons (Fsp3) is 0.222. The van der Waals surface area contributed by atoms with Crippen molar-refractivity contribution in [3.63, 3.8) is 0 Å². The molecule has 1 aliphatic heterocycles. The van der Waals surface area contributed by atoms with Crippen molar-refractivity contribution < 1.29 is 14.0 Å². The van der Waals surface area contributed by atoms with E-state index in [1.807, 2.05) is 0 Å². The first-order valence-electron chi connectivity index (χ1n) is 7.77. The van der Waals surface area contributed by atoms with Gasteiger partial charge in [-0.05, 0) is 55.3 Å². The molecule has 1 saturated heterocycles. The van der Waals surface area contributed by atoms with Crippen LogP contribution in [0.15, 0.2) is 42.5 Å². The molecular weight excluding hydrogens is 366 g/mol. The summed E-state index contributed by atoms with van der Waals surface area (Å²) in [6.45, 7) is 0.477. The zero-order chi connectivity index (χ0) is 18.0. The van der Waals surface area contributed by atoms with Crippen molar-refractivity contribution in [3.8, 4) is 0 Å². The maximum absolute atomic E-state index is 13.0. The monoisotopic (exact) mass is 380 g/mol. The van der Waals surface area contributed by atoms with Crippen molar-refractivity contribution >= 4 is 40.7 Å². The predicted molar refractivity (Wildman–Crippen MR) is 95.6 cm³/mol. The van der Waals surface area contributed by atoms with E-state index in [2.05, 4.69) is 5.32 Å². The summed E-state index contributed by atoms with van der Waals surface area (Å²) in [6.07, 6.45) is 1.29. The molecule has 0 bridgehead atoms. The van der Waals surface area contributed by atoms with Gasteiger partial charge in [0.2, 0.25) is 5.91 Å². The Hall–Kier alpha value is -2.11. The van der Waals surface area contributed by atoms with Crippen molar-refractivity contribution in [2.75, 3.05) is 11.9 Å². The topological polar surface area (TPSA) is 49.4 Å². The van der Waals surface area contributed by atoms with E-state index < -0.39 is 11.9 Å². The van der Waals surface area contributed by atoms with Crippen LogP contribution >= 0.6 is 23.2 Å². The highest BCUT2D eigenvalue weighted by Gasteiger charge is 2.34. The molecule has 2 amide bonds. The zero-order valence-electron chi connectivity index (χ0n) is 13.1. The van der Waals surface area contributed by atoms with Crippen LogP contribution in [-0.2, 0) is 4.79 Å². The standard InChI is InChI=1S/C18H15Cl2FN2O2/c19-12-8-13(20)10-15(9-12)22-17(24)16-2-1-7-23(16)18(25)11-3-5-14(21)6-4-11/h3-6,8-10,16H,1-2,7H2,(H,22,24). The molecule has 7 heteroatoms. The summed E-state index contributed by atoms with van der Waals surface area (Å²) in [4.78, 5) is 26.7. The Kier molecular flexibility index (Phi) is 5.25. The summed E-state index contributed by atoms with van der Waals surface area (Å²) >= 11 is 11.9. The highest BCUT2D eigenvalue weighted by Crippen LogP contribution is 2.25. The van der Waals surface area contributed by atoms with Gasteiger partial charge in [-0.25, -0.2) is 4.39 Å². The minimum absolute atomic E-state index is 0.290. The van der Waals surface area contributed by atoms with Crippen LogP contribution in [0.25, 0.3) is 0 Å². The number of rotatable bonds is 3. The van der Waals surface area contributed by atoms with Gasteiger partial charge >= 0.3 is 0 Å². The normalized spacial score (nSPS) is 16.8. The molecule has 1 atom stereocenters. The Balaban J connectivity index is 1.75. The number of halogens is 3. The molecule has 3 rings (SSSR count). The van der Waals surface area contributed by atoms with Gasteiger partial charge in [-0.15, -0.1) is 0 Å². The first-order chi connectivity index (χ1) is 11.9. The maximum Gasteiger partial charge on any atom is 0.254 e. The van der Waals surface area contributed by atoms with Gasteiger partial charge in [-0.1, -0.05) is 23.2 Å². The molecule has 0 spiro atoms. The molecule has 0 saturated carbocycles. The van der Waals surface area contributed by atoms with Gasteiger partial charge in [0.15, 0.2) is 0 Å². The fourth-order valence-corrected chi connectivity index (χ4v) is 3.42. The van der Waals surface area contributed by atoms with Crippen LogP contribution in [0.2, 0.25) is 10.0 Å². The summed E-state index contributed by atoms with van der Waals surface area (Å²) in [6, 6.07) is 9.45. The van der Waals surface area contributed by atoms with E-state index in [0.717, 1.165) is 6.42 Å². The first kappa shape index (κ1) is 17.7. The van der Waals surface area contributed by atoms with Crippen molar-refractivity contribution in [3.05, 3.63) is 63.9 Å². The van der Waals surface area contributed by atoms with Crippen LogP contribution in [0, 0.1) is 5.82 Å². The molecule has 2 aromatic rings. The smallest absolute Gasteiger partial charge is 0.254 e. The molecule has 130 valence electrons. The van der Waals surface area contributed by atoms with E-state index in [-0.39, 0.29) is 11.8 Å². The first-order valence-corrected chi connectivity index (χ1v) is 8.53. The van der Waals surface area contributed by atoms with E-state index in [9.17, 15) is 14.0 Å². The Bertz CT molecular complexity index is 791. The number of carbonyl (C=O) groups is 2. The summed E-state index contributed by atoms with van der Waals surface area (Å²) in [5.41, 5.74) is 0.829. The molecule has 0 aliphatic carbocycles. The van der Waals surface area contributed by atoms with E-state index in [4.69, 9.17) is 23.2 Å². The molecule has 4 nitrogen and oxygen atoms in total. The summed E-state index contributed by atoms with van der Waals surface area (Å²) in [7, 11) is 0. The molecule has 1 unspecified atom stereocenters. The lowest BCUT2D eigenvalue weighted by Crippen LogP contribution is -2.43. The van der Waals surface area contributed by atoms with Gasteiger partial charge in [-0.2, -0.15) is 0 Å². The highest BCUT2D eigenvalue weighted by molar-refractivity contribution is 6.35. The fourth-order valence-electron chi connectivity index (χ4n) is 2.89. The Labute approximate surface area is 154 Å². The van der Waals surface area contributed by atoms with E-state index in [1.54, 1.807) is 18.2 Å². The van der Waals surface area contributed by atoms with E-state index >= 15 is 0 Å². The number of benzene rings is 2. The van der Waals surface area contributed by atoms with E-state index in [1.165, 1.54) is 29.2 Å². The number of anilines is 1. The van der Waals surface area contributed by atoms with Gasteiger partial charge in [0.1, 0.15) is 11.9 Å². The number of amides is 2. The quantitative estimate of drug-likeness (QED) is 0.858. The van der Waals surface area contributed by atoms with Gasteiger partial charge in [0, 0.05) is 27.8 Å². The Morgan fingerprint density at radius 3 is 2.36 bits per heavy atom. The molecule has 0 aromatic heterocycles.